The van der Waals surface area contributed by atoms with Crippen LogP contribution in [0.3, 0.4) is 0 Å². The number of amides is 1. The van der Waals surface area contributed by atoms with E-state index in [4.69, 9.17) is 4.74 Å². The quantitative estimate of drug-likeness (QED) is 0.760. The molecule has 3 rings (SSSR count). The van der Waals surface area contributed by atoms with Gasteiger partial charge in [0.1, 0.15) is 11.6 Å². The van der Waals surface area contributed by atoms with Crippen molar-refractivity contribution in [1.29, 1.82) is 0 Å². The number of nitrogens with zero attached hydrogens (tertiary/aromatic N) is 1. The van der Waals surface area contributed by atoms with E-state index in [-0.39, 0.29) is 5.91 Å². The van der Waals surface area contributed by atoms with Crippen molar-refractivity contribution in [3.63, 3.8) is 0 Å². The fourth-order valence-corrected chi connectivity index (χ4v) is 2.27. The maximum absolute atomic E-state index is 12.1. The SMILES string of the molecule is COc1ccc(CC(=O)Nc2ccc(-c3ncc[nH]3)cc2)cc1. The molecule has 0 bridgehead atoms. The minimum atomic E-state index is -0.0547. The van der Waals surface area contributed by atoms with Crippen molar-refractivity contribution in [2.45, 2.75) is 6.42 Å². The van der Waals surface area contributed by atoms with Crippen molar-refractivity contribution < 1.29 is 9.53 Å². The molecular formula is C18H17N3O2. The molecule has 0 spiro atoms. The van der Waals surface area contributed by atoms with Crippen molar-refractivity contribution in [3.8, 4) is 17.1 Å². The van der Waals surface area contributed by atoms with E-state index in [2.05, 4.69) is 15.3 Å². The third-order valence-electron chi connectivity index (χ3n) is 3.46. The molecule has 3 aromatic rings. The molecule has 0 aliphatic rings. The standard InChI is InChI=1S/C18H17N3O2/c1-23-16-8-2-13(3-9-16)12-17(22)21-15-6-4-14(5-7-15)18-19-10-11-20-18/h2-11H,12H2,1H3,(H,19,20)(H,21,22). The van der Waals surface area contributed by atoms with Gasteiger partial charge < -0.3 is 15.0 Å². The summed E-state index contributed by atoms with van der Waals surface area (Å²) in [4.78, 5) is 19.3. The average Bonchev–Trinajstić information content (AvgIpc) is 3.11. The van der Waals surface area contributed by atoms with Crippen molar-refractivity contribution in [1.82, 2.24) is 9.97 Å². The number of ether oxygens (including phenoxy) is 1. The molecular weight excluding hydrogens is 290 g/mol. The van der Waals surface area contributed by atoms with Gasteiger partial charge in [-0.3, -0.25) is 4.79 Å². The van der Waals surface area contributed by atoms with Gasteiger partial charge >= 0.3 is 0 Å². The van der Waals surface area contributed by atoms with Gasteiger partial charge in [0.2, 0.25) is 5.91 Å². The molecule has 0 saturated carbocycles. The summed E-state index contributed by atoms with van der Waals surface area (Å²) in [5.74, 6) is 1.53. The van der Waals surface area contributed by atoms with Crippen LogP contribution in [-0.2, 0) is 11.2 Å². The predicted octanol–water partition coefficient (Wildman–Crippen LogP) is 3.27. The topological polar surface area (TPSA) is 67.0 Å². The van der Waals surface area contributed by atoms with Crippen LogP contribution < -0.4 is 10.1 Å². The lowest BCUT2D eigenvalue weighted by molar-refractivity contribution is -0.115. The van der Waals surface area contributed by atoms with Crippen LogP contribution in [0.25, 0.3) is 11.4 Å². The second kappa shape index (κ2) is 6.79. The number of nitrogens with one attached hydrogen (secondary N) is 2. The third kappa shape index (κ3) is 3.77. The Balaban J connectivity index is 1.61. The molecule has 0 atom stereocenters. The number of benzene rings is 2. The van der Waals surface area contributed by atoms with Gasteiger partial charge in [0.25, 0.3) is 0 Å². The van der Waals surface area contributed by atoms with Crippen LogP contribution in [0.15, 0.2) is 60.9 Å². The fraction of sp³-hybridized carbons (Fsp3) is 0.111. The van der Waals surface area contributed by atoms with Gasteiger partial charge in [0, 0.05) is 23.6 Å². The Hall–Kier alpha value is -3.08. The predicted molar refractivity (Wildman–Crippen MR) is 89.4 cm³/mol. The fourth-order valence-electron chi connectivity index (χ4n) is 2.27. The number of hydrogen-bond acceptors (Lipinski definition) is 3. The summed E-state index contributed by atoms with van der Waals surface area (Å²) in [7, 11) is 1.62. The molecule has 0 radical (unpaired) electrons. The largest absolute Gasteiger partial charge is 0.497 e. The molecule has 5 heteroatoms. The van der Waals surface area contributed by atoms with Gasteiger partial charge in [-0.15, -0.1) is 0 Å². The highest BCUT2D eigenvalue weighted by molar-refractivity contribution is 5.92. The summed E-state index contributed by atoms with van der Waals surface area (Å²) in [5.41, 5.74) is 2.68. The number of methoxy groups -OCH3 is 1. The first kappa shape index (κ1) is 14.8. The van der Waals surface area contributed by atoms with Gasteiger partial charge in [0.15, 0.2) is 0 Å². The van der Waals surface area contributed by atoms with Gasteiger partial charge in [-0.25, -0.2) is 4.98 Å². The Morgan fingerprint density at radius 3 is 2.48 bits per heavy atom. The van der Waals surface area contributed by atoms with Crippen molar-refractivity contribution in [3.05, 3.63) is 66.5 Å². The molecule has 5 nitrogen and oxygen atoms in total. The number of aromatic nitrogens is 2. The van der Waals surface area contributed by atoms with Crippen LogP contribution in [0.1, 0.15) is 5.56 Å². The molecule has 1 amide bonds. The van der Waals surface area contributed by atoms with Crippen molar-refractivity contribution in [2.75, 3.05) is 12.4 Å². The van der Waals surface area contributed by atoms with Gasteiger partial charge in [-0.05, 0) is 42.0 Å². The Bertz CT molecular complexity index is 763. The zero-order valence-corrected chi connectivity index (χ0v) is 12.7. The maximum Gasteiger partial charge on any atom is 0.228 e. The van der Waals surface area contributed by atoms with Gasteiger partial charge in [-0.2, -0.15) is 0 Å². The average molecular weight is 307 g/mol. The Kier molecular flexibility index (Phi) is 4.38. The van der Waals surface area contributed by atoms with Crippen molar-refractivity contribution in [2.24, 2.45) is 0 Å². The maximum atomic E-state index is 12.1. The van der Waals surface area contributed by atoms with Crippen LogP contribution in [0.4, 0.5) is 5.69 Å². The molecule has 0 aliphatic heterocycles. The van der Waals surface area contributed by atoms with Crippen LogP contribution in [-0.4, -0.2) is 23.0 Å². The zero-order chi connectivity index (χ0) is 16.1. The second-order valence-electron chi connectivity index (χ2n) is 5.09. The van der Waals surface area contributed by atoms with E-state index in [0.717, 1.165) is 28.4 Å². The lowest BCUT2D eigenvalue weighted by Gasteiger charge is -2.07. The number of hydrogen-bond donors (Lipinski definition) is 2. The van der Waals surface area contributed by atoms with E-state index < -0.39 is 0 Å². The molecule has 0 saturated heterocycles. The lowest BCUT2D eigenvalue weighted by Crippen LogP contribution is -2.14. The molecule has 23 heavy (non-hydrogen) atoms. The van der Waals surface area contributed by atoms with E-state index in [9.17, 15) is 4.79 Å². The highest BCUT2D eigenvalue weighted by atomic mass is 16.5. The van der Waals surface area contributed by atoms with E-state index in [1.165, 1.54) is 0 Å². The first-order valence-electron chi connectivity index (χ1n) is 7.27. The number of imidazole rings is 1. The third-order valence-corrected chi connectivity index (χ3v) is 3.46. The highest BCUT2D eigenvalue weighted by Gasteiger charge is 2.05. The second-order valence-corrected chi connectivity index (χ2v) is 5.09. The Morgan fingerprint density at radius 2 is 1.87 bits per heavy atom. The van der Waals surface area contributed by atoms with Crippen molar-refractivity contribution >= 4 is 11.6 Å². The minimum absolute atomic E-state index is 0.0547. The number of aromatic amines is 1. The van der Waals surface area contributed by atoms with Gasteiger partial charge in [0.05, 0.1) is 13.5 Å². The molecule has 0 aliphatic carbocycles. The molecule has 2 N–H and O–H groups in total. The summed E-state index contributed by atoms with van der Waals surface area (Å²) in [6.45, 7) is 0. The summed E-state index contributed by atoms with van der Waals surface area (Å²) < 4.78 is 5.10. The van der Waals surface area contributed by atoms with E-state index in [0.29, 0.717) is 6.42 Å². The first-order valence-corrected chi connectivity index (χ1v) is 7.27. The summed E-state index contributed by atoms with van der Waals surface area (Å²) in [6.07, 6.45) is 3.81. The monoisotopic (exact) mass is 307 g/mol. The summed E-state index contributed by atoms with van der Waals surface area (Å²) in [6, 6.07) is 15.0. The number of carbonyl (C=O) groups excluding carboxylic acids is 1. The first-order chi connectivity index (χ1) is 11.2. The van der Waals surface area contributed by atoms with Gasteiger partial charge in [-0.1, -0.05) is 12.1 Å². The minimum Gasteiger partial charge on any atom is -0.497 e. The zero-order valence-electron chi connectivity index (χ0n) is 12.7. The smallest absolute Gasteiger partial charge is 0.228 e. The Labute approximate surface area is 134 Å². The number of rotatable bonds is 5. The lowest BCUT2D eigenvalue weighted by atomic mass is 10.1. The summed E-state index contributed by atoms with van der Waals surface area (Å²) in [5, 5.41) is 2.89. The Morgan fingerprint density at radius 1 is 1.13 bits per heavy atom. The highest BCUT2D eigenvalue weighted by Crippen LogP contribution is 2.18. The number of H-pyrrole nitrogens is 1. The summed E-state index contributed by atoms with van der Waals surface area (Å²) >= 11 is 0. The molecule has 0 unspecified atom stereocenters. The normalized spacial score (nSPS) is 10.3. The van der Waals surface area contributed by atoms with Crippen LogP contribution in [0.2, 0.25) is 0 Å². The van der Waals surface area contributed by atoms with E-state index in [1.807, 2.05) is 48.5 Å². The van der Waals surface area contributed by atoms with Crippen LogP contribution >= 0.6 is 0 Å². The molecule has 0 fully saturated rings. The number of carbonyl (C=O) groups is 1. The number of anilines is 1. The van der Waals surface area contributed by atoms with E-state index >= 15 is 0 Å². The molecule has 116 valence electrons. The molecule has 1 heterocycles. The molecule has 1 aromatic heterocycles. The van der Waals surface area contributed by atoms with Crippen LogP contribution in [0.5, 0.6) is 5.75 Å². The molecule has 2 aromatic carbocycles. The van der Waals surface area contributed by atoms with E-state index in [1.54, 1.807) is 19.5 Å². The van der Waals surface area contributed by atoms with Crippen LogP contribution in [0, 0.1) is 0 Å².